The lowest BCUT2D eigenvalue weighted by atomic mass is 10.2. The third kappa shape index (κ3) is 6.83. The molecule has 0 bridgehead atoms. The SMILES string of the molecule is O=C(COC(=O)Cc1ccc(Br)cc1)NCCOc1ccccc1. The lowest BCUT2D eigenvalue weighted by Gasteiger charge is -2.08. The molecular weight excluding hydrogens is 374 g/mol. The van der Waals surface area contributed by atoms with Gasteiger partial charge in [0.05, 0.1) is 13.0 Å². The first-order chi connectivity index (χ1) is 11.6. The van der Waals surface area contributed by atoms with Crippen LogP contribution in [0.3, 0.4) is 0 Å². The fraction of sp³-hybridized carbons (Fsp3) is 0.222. The number of para-hydroxylation sites is 1. The fourth-order valence-electron chi connectivity index (χ4n) is 1.89. The minimum Gasteiger partial charge on any atom is -0.492 e. The largest absolute Gasteiger partial charge is 0.492 e. The highest BCUT2D eigenvalue weighted by atomic mass is 79.9. The van der Waals surface area contributed by atoms with Crippen molar-refractivity contribution in [3.63, 3.8) is 0 Å². The van der Waals surface area contributed by atoms with Gasteiger partial charge in [-0.25, -0.2) is 0 Å². The van der Waals surface area contributed by atoms with Crippen LogP contribution in [0.15, 0.2) is 59.1 Å². The summed E-state index contributed by atoms with van der Waals surface area (Å²) in [5.41, 5.74) is 0.833. The van der Waals surface area contributed by atoms with Crippen LogP contribution in [-0.2, 0) is 20.7 Å². The monoisotopic (exact) mass is 391 g/mol. The van der Waals surface area contributed by atoms with Crippen molar-refractivity contribution in [3.05, 3.63) is 64.6 Å². The highest BCUT2D eigenvalue weighted by Crippen LogP contribution is 2.11. The Kier molecular flexibility index (Phi) is 7.29. The molecule has 0 aromatic heterocycles. The number of halogens is 1. The second-order valence-electron chi connectivity index (χ2n) is 4.98. The molecule has 24 heavy (non-hydrogen) atoms. The summed E-state index contributed by atoms with van der Waals surface area (Å²) in [6.07, 6.45) is 0.137. The smallest absolute Gasteiger partial charge is 0.310 e. The lowest BCUT2D eigenvalue weighted by molar-refractivity contribution is -0.147. The molecule has 2 aromatic rings. The van der Waals surface area contributed by atoms with E-state index in [-0.39, 0.29) is 18.9 Å². The number of esters is 1. The van der Waals surface area contributed by atoms with Crippen molar-refractivity contribution in [2.45, 2.75) is 6.42 Å². The van der Waals surface area contributed by atoms with Crippen molar-refractivity contribution >= 4 is 27.8 Å². The number of rotatable bonds is 8. The highest BCUT2D eigenvalue weighted by molar-refractivity contribution is 9.10. The van der Waals surface area contributed by atoms with E-state index in [2.05, 4.69) is 21.2 Å². The second kappa shape index (κ2) is 9.72. The third-order valence-electron chi connectivity index (χ3n) is 3.06. The fourth-order valence-corrected chi connectivity index (χ4v) is 2.16. The van der Waals surface area contributed by atoms with Crippen molar-refractivity contribution in [3.8, 4) is 5.75 Å². The molecular formula is C18H18BrNO4. The molecule has 0 aliphatic heterocycles. The number of nitrogens with one attached hydrogen (secondary N) is 1. The molecule has 126 valence electrons. The summed E-state index contributed by atoms with van der Waals surface area (Å²) in [4.78, 5) is 23.3. The van der Waals surface area contributed by atoms with Crippen LogP contribution in [0.2, 0.25) is 0 Å². The van der Waals surface area contributed by atoms with Gasteiger partial charge in [0.1, 0.15) is 12.4 Å². The molecule has 0 aliphatic carbocycles. The Morgan fingerprint density at radius 1 is 1.00 bits per heavy atom. The van der Waals surface area contributed by atoms with Crippen LogP contribution in [0.5, 0.6) is 5.75 Å². The van der Waals surface area contributed by atoms with Gasteiger partial charge in [-0.3, -0.25) is 9.59 Å². The third-order valence-corrected chi connectivity index (χ3v) is 3.59. The Bertz CT molecular complexity index is 658. The van der Waals surface area contributed by atoms with Gasteiger partial charge in [-0.15, -0.1) is 0 Å². The second-order valence-corrected chi connectivity index (χ2v) is 5.89. The van der Waals surface area contributed by atoms with Gasteiger partial charge in [-0.2, -0.15) is 0 Å². The molecule has 0 fully saturated rings. The van der Waals surface area contributed by atoms with E-state index in [1.165, 1.54) is 0 Å². The number of hydrogen-bond donors (Lipinski definition) is 1. The predicted molar refractivity (Wildman–Crippen MR) is 93.8 cm³/mol. The van der Waals surface area contributed by atoms with Gasteiger partial charge in [-0.1, -0.05) is 46.3 Å². The topological polar surface area (TPSA) is 64.6 Å². The summed E-state index contributed by atoms with van der Waals surface area (Å²) in [5, 5.41) is 2.63. The van der Waals surface area contributed by atoms with Crippen LogP contribution in [-0.4, -0.2) is 31.6 Å². The Balaban J connectivity index is 1.58. The quantitative estimate of drug-likeness (QED) is 0.554. The normalized spacial score (nSPS) is 10.0. The molecule has 0 unspecified atom stereocenters. The van der Waals surface area contributed by atoms with Crippen molar-refractivity contribution < 1.29 is 19.1 Å². The molecule has 6 heteroatoms. The minimum atomic E-state index is -0.437. The van der Waals surface area contributed by atoms with Crippen LogP contribution >= 0.6 is 15.9 Å². The van der Waals surface area contributed by atoms with Gasteiger partial charge in [0.25, 0.3) is 5.91 Å². The van der Waals surface area contributed by atoms with E-state index in [0.717, 1.165) is 15.8 Å². The van der Waals surface area contributed by atoms with Crippen LogP contribution in [0.4, 0.5) is 0 Å². The van der Waals surface area contributed by atoms with Crippen LogP contribution in [0.1, 0.15) is 5.56 Å². The zero-order valence-electron chi connectivity index (χ0n) is 13.0. The highest BCUT2D eigenvalue weighted by Gasteiger charge is 2.08. The van der Waals surface area contributed by atoms with Crippen LogP contribution in [0.25, 0.3) is 0 Å². The van der Waals surface area contributed by atoms with E-state index in [1.807, 2.05) is 54.6 Å². The van der Waals surface area contributed by atoms with Crippen molar-refractivity contribution in [1.29, 1.82) is 0 Å². The minimum absolute atomic E-state index is 0.137. The molecule has 2 aromatic carbocycles. The van der Waals surface area contributed by atoms with Crippen molar-refractivity contribution in [1.82, 2.24) is 5.32 Å². The number of hydrogen-bond acceptors (Lipinski definition) is 4. The van der Waals surface area contributed by atoms with Gasteiger partial charge in [0.2, 0.25) is 0 Å². The molecule has 1 N–H and O–H groups in total. The Hall–Kier alpha value is -2.34. The molecule has 0 heterocycles. The summed E-state index contributed by atoms with van der Waals surface area (Å²) < 4.78 is 11.3. The van der Waals surface area contributed by atoms with E-state index in [0.29, 0.717) is 13.2 Å². The van der Waals surface area contributed by atoms with Crippen LogP contribution in [0, 0.1) is 0 Å². The lowest BCUT2D eigenvalue weighted by Crippen LogP contribution is -2.32. The van der Waals surface area contributed by atoms with E-state index >= 15 is 0 Å². The van der Waals surface area contributed by atoms with Gasteiger partial charge in [-0.05, 0) is 29.8 Å². The molecule has 0 spiro atoms. The number of amides is 1. The first kappa shape index (κ1) is 18.0. The number of benzene rings is 2. The molecule has 0 radical (unpaired) electrons. The maximum absolute atomic E-state index is 11.7. The molecule has 2 rings (SSSR count). The molecule has 0 atom stereocenters. The van der Waals surface area contributed by atoms with Crippen LogP contribution < -0.4 is 10.1 Å². The predicted octanol–water partition coefficient (Wildman–Crippen LogP) is 2.73. The zero-order valence-corrected chi connectivity index (χ0v) is 14.6. The van der Waals surface area contributed by atoms with Crippen molar-refractivity contribution in [2.75, 3.05) is 19.8 Å². The van der Waals surface area contributed by atoms with E-state index in [4.69, 9.17) is 9.47 Å². The molecule has 0 saturated heterocycles. The standard InChI is InChI=1S/C18H18BrNO4/c19-15-8-6-14(7-9-15)12-18(22)24-13-17(21)20-10-11-23-16-4-2-1-3-5-16/h1-9H,10-13H2,(H,20,21). The molecule has 0 aliphatic rings. The summed E-state index contributed by atoms with van der Waals surface area (Å²) in [6, 6.07) is 16.7. The summed E-state index contributed by atoms with van der Waals surface area (Å²) in [6.45, 7) is 0.404. The van der Waals surface area contributed by atoms with Gasteiger partial charge in [0.15, 0.2) is 6.61 Å². The zero-order chi connectivity index (χ0) is 17.2. The number of carbonyl (C=O) groups excluding carboxylic acids is 2. The Morgan fingerprint density at radius 3 is 2.42 bits per heavy atom. The average molecular weight is 392 g/mol. The van der Waals surface area contributed by atoms with Gasteiger partial charge >= 0.3 is 5.97 Å². The van der Waals surface area contributed by atoms with E-state index in [1.54, 1.807) is 0 Å². The Morgan fingerprint density at radius 2 is 1.71 bits per heavy atom. The average Bonchev–Trinajstić information content (AvgIpc) is 2.60. The van der Waals surface area contributed by atoms with Gasteiger partial charge in [0, 0.05) is 4.47 Å². The number of ether oxygens (including phenoxy) is 2. The summed E-state index contributed by atoms with van der Waals surface area (Å²) >= 11 is 3.33. The maximum atomic E-state index is 11.7. The molecule has 5 nitrogen and oxygen atoms in total. The molecule has 0 saturated carbocycles. The number of carbonyl (C=O) groups is 2. The first-order valence-corrected chi connectivity index (χ1v) is 8.27. The Labute approximate surface area is 149 Å². The summed E-state index contributed by atoms with van der Waals surface area (Å²) in [5.74, 6) is -0.0449. The van der Waals surface area contributed by atoms with E-state index < -0.39 is 5.97 Å². The first-order valence-electron chi connectivity index (χ1n) is 7.48. The molecule has 1 amide bonds. The van der Waals surface area contributed by atoms with Gasteiger partial charge < -0.3 is 14.8 Å². The summed E-state index contributed by atoms with van der Waals surface area (Å²) in [7, 11) is 0. The van der Waals surface area contributed by atoms with Crippen molar-refractivity contribution in [2.24, 2.45) is 0 Å². The van der Waals surface area contributed by atoms with E-state index in [9.17, 15) is 9.59 Å². The maximum Gasteiger partial charge on any atom is 0.310 e.